The Hall–Kier alpha value is -2.68. The topological polar surface area (TPSA) is 61.9 Å². The zero-order chi connectivity index (χ0) is 21.9. The molecule has 1 unspecified atom stereocenters. The van der Waals surface area contributed by atoms with Crippen molar-refractivity contribution in [1.29, 1.82) is 0 Å². The molecule has 1 aliphatic heterocycles. The van der Waals surface area contributed by atoms with Gasteiger partial charge in [0.05, 0.1) is 11.8 Å². The quantitative estimate of drug-likeness (QED) is 0.674. The summed E-state index contributed by atoms with van der Waals surface area (Å²) in [6, 6.07) is 4.14. The van der Waals surface area contributed by atoms with Crippen molar-refractivity contribution in [2.45, 2.75) is 39.4 Å². The first-order valence-corrected chi connectivity index (χ1v) is 10.0. The molecule has 1 amide bonds. The van der Waals surface area contributed by atoms with E-state index in [-0.39, 0.29) is 11.3 Å². The standard InChI is InChI=1S/C21H25F3N4O2/c1-4-16-20-19(26-30-16)18(14-9-7-8-10-15(14)21(22,23)24)25-13-17(29)28(20)12-11-27(5-2)6-3/h7-10,13,18H,4-6,11-12H2,1-3H3. The van der Waals surface area contributed by atoms with Gasteiger partial charge in [-0.3, -0.25) is 9.79 Å². The predicted molar refractivity (Wildman–Crippen MR) is 108 cm³/mol. The molecule has 6 nitrogen and oxygen atoms in total. The molecule has 0 bridgehead atoms. The Bertz CT molecular complexity index is 919. The van der Waals surface area contributed by atoms with Crippen LogP contribution in [0, 0.1) is 0 Å². The average molecular weight is 422 g/mol. The van der Waals surface area contributed by atoms with Crippen LogP contribution in [0.2, 0.25) is 0 Å². The Kier molecular flexibility index (Phi) is 6.60. The van der Waals surface area contributed by atoms with E-state index in [0.717, 1.165) is 25.4 Å². The van der Waals surface area contributed by atoms with Gasteiger partial charge in [0, 0.05) is 19.5 Å². The molecule has 2 heterocycles. The monoisotopic (exact) mass is 422 g/mol. The predicted octanol–water partition coefficient (Wildman–Crippen LogP) is 4.10. The number of halogens is 3. The third-order valence-corrected chi connectivity index (χ3v) is 5.31. The first-order valence-electron chi connectivity index (χ1n) is 10.0. The molecule has 1 aromatic carbocycles. The van der Waals surface area contributed by atoms with Crippen molar-refractivity contribution >= 4 is 17.8 Å². The maximum Gasteiger partial charge on any atom is 0.416 e. The number of rotatable bonds is 7. The van der Waals surface area contributed by atoms with Crippen molar-refractivity contribution in [3.8, 4) is 0 Å². The number of carbonyl (C=O) groups is 1. The fourth-order valence-corrected chi connectivity index (χ4v) is 3.65. The number of aryl methyl sites for hydroxylation is 1. The lowest BCUT2D eigenvalue weighted by Gasteiger charge is -2.25. The van der Waals surface area contributed by atoms with Crippen molar-refractivity contribution in [2.24, 2.45) is 4.99 Å². The molecule has 0 saturated carbocycles. The van der Waals surface area contributed by atoms with Gasteiger partial charge in [-0.25, -0.2) is 0 Å². The first kappa shape index (κ1) is 22.0. The van der Waals surface area contributed by atoms with E-state index < -0.39 is 23.7 Å². The molecule has 0 spiro atoms. The third-order valence-electron chi connectivity index (χ3n) is 5.31. The molecular weight excluding hydrogens is 397 g/mol. The Morgan fingerprint density at radius 1 is 1.17 bits per heavy atom. The lowest BCUT2D eigenvalue weighted by Crippen LogP contribution is -2.39. The summed E-state index contributed by atoms with van der Waals surface area (Å²) in [7, 11) is 0. The van der Waals surface area contributed by atoms with Crippen LogP contribution in [0.5, 0.6) is 0 Å². The molecule has 30 heavy (non-hydrogen) atoms. The van der Waals surface area contributed by atoms with Crippen LogP contribution >= 0.6 is 0 Å². The van der Waals surface area contributed by atoms with Gasteiger partial charge in [-0.05, 0) is 24.7 Å². The number of aliphatic imine (C=N–C) groups is 1. The van der Waals surface area contributed by atoms with Gasteiger partial charge in [0.15, 0.2) is 5.76 Å². The summed E-state index contributed by atoms with van der Waals surface area (Å²) in [6.45, 7) is 8.53. The average Bonchev–Trinajstić information content (AvgIpc) is 3.08. The zero-order valence-electron chi connectivity index (χ0n) is 17.2. The highest BCUT2D eigenvalue weighted by Crippen LogP contribution is 2.42. The highest BCUT2D eigenvalue weighted by atomic mass is 19.4. The number of amides is 1. The number of aromatic nitrogens is 1. The molecule has 9 heteroatoms. The summed E-state index contributed by atoms with van der Waals surface area (Å²) in [5, 5.41) is 4.06. The summed E-state index contributed by atoms with van der Waals surface area (Å²) in [6.07, 6.45) is -3.01. The summed E-state index contributed by atoms with van der Waals surface area (Å²) in [4.78, 5) is 20.7. The van der Waals surface area contributed by atoms with Gasteiger partial charge in [-0.15, -0.1) is 0 Å². The van der Waals surface area contributed by atoms with Gasteiger partial charge in [0.2, 0.25) is 0 Å². The smallest absolute Gasteiger partial charge is 0.359 e. The van der Waals surface area contributed by atoms with Crippen LogP contribution in [-0.4, -0.2) is 48.4 Å². The minimum Gasteiger partial charge on any atom is -0.359 e. The number of hydrogen-bond donors (Lipinski definition) is 0. The molecule has 0 N–H and O–H groups in total. The molecule has 0 aliphatic carbocycles. The van der Waals surface area contributed by atoms with Crippen LogP contribution in [0.15, 0.2) is 33.8 Å². The zero-order valence-corrected chi connectivity index (χ0v) is 17.2. The van der Waals surface area contributed by atoms with Crippen molar-refractivity contribution < 1.29 is 22.5 Å². The molecule has 1 aromatic heterocycles. The van der Waals surface area contributed by atoms with Crippen molar-refractivity contribution in [2.75, 3.05) is 31.1 Å². The summed E-state index contributed by atoms with van der Waals surface area (Å²) in [5.41, 5.74) is -0.209. The molecule has 0 fully saturated rings. The van der Waals surface area contributed by atoms with Gasteiger partial charge < -0.3 is 14.3 Å². The van der Waals surface area contributed by atoms with E-state index in [4.69, 9.17) is 4.52 Å². The van der Waals surface area contributed by atoms with Gasteiger partial charge in [0.25, 0.3) is 5.91 Å². The SMILES string of the molecule is CCc1onc2c1N(CCN(CC)CC)C(=O)C=NC2c1ccccc1C(F)(F)F. The van der Waals surface area contributed by atoms with Gasteiger partial charge in [-0.1, -0.05) is 44.1 Å². The molecule has 0 radical (unpaired) electrons. The van der Waals surface area contributed by atoms with E-state index in [0.29, 0.717) is 31.0 Å². The van der Waals surface area contributed by atoms with Crippen LogP contribution < -0.4 is 4.90 Å². The van der Waals surface area contributed by atoms with Crippen molar-refractivity contribution in [3.63, 3.8) is 0 Å². The van der Waals surface area contributed by atoms with E-state index in [1.165, 1.54) is 23.1 Å². The minimum absolute atomic E-state index is 0.0585. The van der Waals surface area contributed by atoms with Crippen LogP contribution in [-0.2, 0) is 17.4 Å². The maximum absolute atomic E-state index is 13.6. The third kappa shape index (κ3) is 4.26. The Morgan fingerprint density at radius 2 is 1.87 bits per heavy atom. The molecule has 2 aromatic rings. The molecule has 1 aliphatic rings. The number of hydrogen-bond acceptors (Lipinski definition) is 5. The lowest BCUT2D eigenvalue weighted by atomic mass is 9.96. The molecule has 3 rings (SSSR count). The van der Waals surface area contributed by atoms with Crippen LogP contribution in [0.25, 0.3) is 0 Å². The fraction of sp³-hybridized carbons (Fsp3) is 0.476. The Labute approximate surface area is 173 Å². The number of nitrogens with zero attached hydrogens (tertiary/aromatic N) is 4. The summed E-state index contributed by atoms with van der Waals surface area (Å²) < 4.78 is 46.3. The van der Waals surface area contributed by atoms with Crippen LogP contribution in [0.4, 0.5) is 18.9 Å². The van der Waals surface area contributed by atoms with E-state index in [9.17, 15) is 18.0 Å². The lowest BCUT2D eigenvalue weighted by molar-refractivity contribution is -0.138. The number of fused-ring (bicyclic) bond motifs is 1. The van der Waals surface area contributed by atoms with Crippen LogP contribution in [0.3, 0.4) is 0 Å². The highest BCUT2D eigenvalue weighted by Gasteiger charge is 2.39. The van der Waals surface area contributed by atoms with Crippen LogP contribution in [0.1, 0.15) is 49.4 Å². The first-order chi connectivity index (χ1) is 14.3. The molecule has 162 valence electrons. The summed E-state index contributed by atoms with van der Waals surface area (Å²) >= 11 is 0. The van der Waals surface area contributed by atoms with Gasteiger partial charge in [-0.2, -0.15) is 13.2 Å². The summed E-state index contributed by atoms with van der Waals surface area (Å²) in [5.74, 6) is 0.0613. The number of likely N-dealkylation sites (N-methyl/N-ethyl adjacent to an activating group) is 1. The fourth-order valence-electron chi connectivity index (χ4n) is 3.65. The second kappa shape index (κ2) is 8.99. The Morgan fingerprint density at radius 3 is 2.50 bits per heavy atom. The van der Waals surface area contributed by atoms with E-state index in [1.54, 1.807) is 0 Å². The number of benzene rings is 1. The second-order valence-corrected chi connectivity index (χ2v) is 6.98. The van der Waals surface area contributed by atoms with Crippen molar-refractivity contribution in [1.82, 2.24) is 10.1 Å². The normalized spacial score (nSPS) is 16.8. The minimum atomic E-state index is -4.55. The number of anilines is 1. The molecular formula is C21H25F3N4O2. The van der Waals surface area contributed by atoms with E-state index >= 15 is 0 Å². The largest absolute Gasteiger partial charge is 0.416 e. The van der Waals surface area contributed by atoms with Crippen molar-refractivity contribution in [3.05, 3.63) is 46.8 Å². The Balaban J connectivity index is 2.09. The molecule has 0 saturated heterocycles. The maximum atomic E-state index is 13.6. The number of alkyl halides is 3. The molecule has 1 atom stereocenters. The highest BCUT2D eigenvalue weighted by molar-refractivity contribution is 6.33. The van der Waals surface area contributed by atoms with E-state index in [2.05, 4.69) is 15.0 Å². The van der Waals surface area contributed by atoms with E-state index in [1.807, 2.05) is 20.8 Å². The second-order valence-electron chi connectivity index (χ2n) is 6.98. The van der Waals surface area contributed by atoms with Gasteiger partial charge >= 0.3 is 6.18 Å². The number of carbonyl (C=O) groups excluding carboxylic acids is 1. The van der Waals surface area contributed by atoms with Gasteiger partial charge in [0.1, 0.15) is 17.4 Å².